The predicted molar refractivity (Wildman–Crippen MR) is 88.3 cm³/mol. The Bertz CT molecular complexity index is 791. The molecule has 0 amide bonds. The zero-order valence-corrected chi connectivity index (χ0v) is 13.0. The maximum absolute atomic E-state index is 13.3. The highest BCUT2D eigenvalue weighted by molar-refractivity contribution is 7.19. The van der Waals surface area contributed by atoms with E-state index in [0.717, 1.165) is 21.4 Å². The average molecular weight is 299 g/mol. The molecule has 1 heterocycles. The summed E-state index contributed by atoms with van der Waals surface area (Å²) in [7, 11) is 0. The Kier molecular flexibility index (Phi) is 3.79. The van der Waals surface area contributed by atoms with E-state index in [1.54, 1.807) is 17.4 Å². The van der Waals surface area contributed by atoms with Crippen LogP contribution in [0.4, 0.5) is 4.39 Å². The number of hydrogen-bond acceptors (Lipinski definition) is 2. The Morgan fingerprint density at radius 1 is 1.05 bits per heavy atom. The lowest BCUT2D eigenvalue weighted by Gasteiger charge is -2.11. The van der Waals surface area contributed by atoms with Crippen LogP contribution in [0.2, 0.25) is 0 Å². The van der Waals surface area contributed by atoms with Crippen LogP contribution in [0.15, 0.2) is 42.5 Å². The van der Waals surface area contributed by atoms with Gasteiger partial charge in [-0.25, -0.2) is 4.39 Å². The third-order valence-electron chi connectivity index (χ3n) is 3.89. The van der Waals surface area contributed by atoms with E-state index in [9.17, 15) is 4.39 Å². The molecule has 0 aliphatic rings. The highest BCUT2D eigenvalue weighted by Gasteiger charge is 2.12. The minimum atomic E-state index is -0.196. The van der Waals surface area contributed by atoms with Crippen molar-refractivity contribution < 1.29 is 4.39 Å². The molecule has 2 N–H and O–H groups in total. The van der Waals surface area contributed by atoms with Crippen LogP contribution in [0.5, 0.6) is 0 Å². The minimum absolute atomic E-state index is 0.0485. The summed E-state index contributed by atoms with van der Waals surface area (Å²) in [5.74, 6) is -0.196. The van der Waals surface area contributed by atoms with Crippen LogP contribution < -0.4 is 5.73 Å². The molecular weight excluding hydrogens is 281 g/mol. The third kappa shape index (κ3) is 2.99. The van der Waals surface area contributed by atoms with Crippen molar-refractivity contribution in [3.8, 4) is 0 Å². The highest BCUT2D eigenvalue weighted by Crippen LogP contribution is 2.31. The van der Waals surface area contributed by atoms with Crippen molar-refractivity contribution in [3.63, 3.8) is 0 Å². The number of rotatable bonds is 3. The van der Waals surface area contributed by atoms with Gasteiger partial charge in [-0.15, -0.1) is 11.3 Å². The largest absolute Gasteiger partial charge is 0.323 e. The molecule has 0 spiro atoms. The summed E-state index contributed by atoms with van der Waals surface area (Å²) < 4.78 is 14.2. The van der Waals surface area contributed by atoms with Crippen LogP contribution >= 0.6 is 11.3 Å². The van der Waals surface area contributed by atoms with E-state index in [0.29, 0.717) is 0 Å². The quantitative estimate of drug-likeness (QED) is 0.731. The summed E-state index contributed by atoms with van der Waals surface area (Å²) in [6.45, 7) is 4.23. The molecule has 1 atom stereocenters. The second-order valence-corrected chi connectivity index (χ2v) is 6.68. The highest BCUT2D eigenvalue weighted by atomic mass is 32.1. The molecule has 3 rings (SSSR count). The third-order valence-corrected chi connectivity index (χ3v) is 5.12. The van der Waals surface area contributed by atoms with Crippen LogP contribution in [0.3, 0.4) is 0 Å². The van der Waals surface area contributed by atoms with Gasteiger partial charge in [0.2, 0.25) is 0 Å². The zero-order valence-electron chi connectivity index (χ0n) is 12.2. The number of fused-ring (bicyclic) bond motifs is 1. The molecule has 0 saturated carbocycles. The van der Waals surface area contributed by atoms with Crippen molar-refractivity contribution in [1.82, 2.24) is 0 Å². The Labute approximate surface area is 128 Å². The SMILES string of the molecule is Cc1ccc(CC(N)c2cc3ccc(F)cc3s2)cc1C. The number of hydrogen-bond donors (Lipinski definition) is 1. The summed E-state index contributed by atoms with van der Waals surface area (Å²) in [6.07, 6.45) is 0.802. The second-order valence-electron chi connectivity index (χ2n) is 5.56. The van der Waals surface area contributed by atoms with Gasteiger partial charge in [0.15, 0.2) is 0 Å². The standard InChI is InChI=1S/C18H18FNS/c1-11-3-4-13(7-12(11)2)8-16(20)18-9-14-5-6-15(19)10-17(14)21-18/h3-7,9-10,16H,8,20H2,1-2H3. The maximum atomic E-state index is 13.3. The Morgan fingerprint density at radius 3 is 2.62 bits per heavy atom. The lowest BCUT2D eigenvalue weighted by Crippen LogP contribution is -2.11. The van der Waals surface area contributed by atoms with Crippen LogP contribution in [0, 0.1) is 19.7 Å². The minimum Gasteiger partial charge on any atom is -0.323 e. The molecule has 108 valence electrons. The van der Waals surface area contributed by atoms with Crippen LogP contribution in [-0.2, 0) is 6.42 Å². The van der Waals surface area contributed by atoms with Crippen molar-refractivity contribution in [3.05, 3.63) is 69.8 Å². The molecule has 0 radical (unpaired) electrons. The van der Waals surface area contributed by atoms with E-state index < -0.39 is 0 Å². The first-order valence-corrected chi connectivity index (χ1v) is 7.85. The normalized spacial score (nSPS) is 12.8. The zero-order chi connectivity index (χ0) is 15.0. The average Bonchev–Trinajstić information content (AvgIpc) is 2.86. The molecule has 0 bridgehead atoms. The van der Waals surface area contributed by atoms with Crippen molar-refractivity contribution in [1.29, 1.82) is 0 Å². The van der Waals surface area contributed by atoms with Gasteiger partial charge in [0.05, 0.1) is 0 Å². The van der Waals surface area contributed by atoms with E-state index in [1.807, 2.05) is 6.07 Å². The van der Waals surface area contributed by atoms with Gasteiger partial charge in [0.1, 0.15) is 5.82 Å². The molecule has 2 aromatic carbocycles. The second kappa shape index (κ2) is 5.58. The number of benzene rings is 2. The lowest BCUT2D eigenvalue weighted by atomic mass is 10.0. The first-order valence-electron chi connectivity index (χ1n) is 7.03. The summed E-state index contributed by atoms with van der Waals surface area (Å²) >= 11 is 1.58. The van der Waals surface area contributed by atoms with Crippen molar-refractivity contribution in [2.24, 2.45) is 5.73 Å². The van der Waals surface area contributed by atoms with Crippen molar-refractivity contribution in [2.45, 2.75) is 26.3 Å². The molecule has 3 heteroatoms. The number of nitrogens with two attached hydrogens (primary N) is 1. The van der Waals surface area contributed by atoms with Gasteiger partial charge in [0, 0.05) is 15.6 Å². The number of halogens is 1. The molecule has 0 aliphatic carbocycles. The summed E-state index contributed by atoms with van der Waals surface area (Å²) in [5, 5.41) is 1.06. The molecule has 1 nitrogen and oxygen atoms in total. The van der Waals surface area contributed by atoms with Crippen molar-refractivity contribution in [2.75, 3.05) is 0 Å². The fourth-order valence-corrected chi connectivity index (χ4v) is 3.58. The topological polar surface area (TPSA) is 26.0 Å². The molecule has 3 aromatic rings. The number of aryl methyl sites for hydroxylation is 2. The molecule has 1 unspecified atom stereocenters. The molecule has 1 aromatic heterocycles. The van der Waals surface area contributed by atoms with Crippen LogP contribution in [0.25, 0.3) is 10.1 Å². The van der Waals surface area contributed by atoms with Crippen molar-refractivity contribution >= 4 is 21.4 Å². The van der Waals surface area contributed by atoms with Gasteiger partial charge in [0.25, 0.3) is 0 Å². The Balaban J connectivity index is 1.85. The Hall–Kier alpha value is -1.71. The van der Waals surface area contributed by atoms with E-state index in [2.05, 4.69) is 38.1 Å². The van der Waals surface area contributed by atoms with Gasteiger partial charge in [-0.05, 0) is 60.5 Å². The van der Waals surface area contributed by atoms with Gasteiger partial charge in [-0.2, -0.15) is 0 Å². The van der Waals surface area contributed by atoms with Gasteiger partial charge in [-0.3, -0.25) is 0 Å². The monoisotopic (exact) mass is 299 g/mol. The molecule has 0 fully saturated rings. The number of thiophene rings is 1. The first-order chi connectivity index (χ1) is 10.0. The molecule has 0 aliphatic heterocycles. The molecule has 21 heavy (non-hydrogen) atoms. The smallest absolute Gasteiger partial charge is 0.124 e. The van der Waals surface area contributed by atoms with E-state index in [4.69, 9.17) is 5.73 Å². The fraction of sp³-hybridized carbons (Fsp3) is 0.222. The van der Waals surface area contributed by atoms with E-state index >= 15 is 0 Å². The molecule has 0 saturated heterocycles. The van der Waals surface area contributed by atoms with Gasteiger partial charge in [-0.1, -0.05) is 24.3 Å². The van der Waals surface area contributed by atoms with E-state index in [-0.39, 0.29) is 11.9 Å². The summed E-state index contributed by atoms with van der Waals surface area (Å²) in [5.41, 5.74) is 10.2. The maximum Gasteiger partial charge on any atom is 0.124 e. The first kappa shape index (κ1) is 14.2. The summed E-state index contributed by atoms with van der Waals surface area (Å²) in [4.78, 5) is 1.11. The lowest BCUT2D eigenvalue weighted by molar-refractivity contribution is 0.630. The Morgan fingerprint density at radius 2 is 1.86 bits per heavy atom. The predicted octanol–water partition coefficient (Wildman–Crippen LogP) is 4.90. The fourth-order valence-electron chi connectivity index (χ4n) is 2.49. The van der Waals surface area contributed by atoms with Crippen LogP contribution in [0.1, 0.15) is 27.6 Å². The molecular formula is C18H18FNS. The van der Waals surface area contributed by atoms with E-state index in [1.165, 1.54) is 22.8 Å². The summed E-state index contributed by atoms with van der Waals surface area (Å²) in [6, 6.07) is 13.4. The van der Waals surface area contributed by atoms with Crippen LogP contribution in [-0.4, -0.2) is 0 Å². The van der Waals surface area contributed by atoms with Gasteiger partial charge >= 0.3 is 0 Å². The van der Waals surface area contributed by atoms with Gasteiger partial charge < -0.3 is 5.73 Å².